The molecule has 0 spiro atoms. The number of hydrogen-bond donors (Lipinski definition) is 2. The van der Waals surface area contributed by atoms with Crippen LogP contribution < -0.4 is 14.8 Å². The molecule has 0 amide bonds. The molecule has 37 heavy (non-hydrogen) atoms. The number of nitrogens with one attached hydrogen (secondary N) is 1. The standard InChI is InChI=1S/C29H25N3O5/c1-16-18(17-5-8-25-26(13-17)36-12-11-35-25)3-2-4-19(16)29-32-24-14-21-20(22(15-30)28(24)37-29)6-7-23(21)31-10-9-27(33)34/h2-5,8,13-14,23,31H,6-7,9-12H2,1H3,(H,33,34). The van der Waals surface area contributed by atoms with Crippen LogP contribution in [0, 0.1) is 18.3 Å². The summed E-state index contributed by atoms with van der Waals surface area (Å²) >= 11 is 0. The molecule has 6 rings (SSSR count). The quantitative estimate of drug-likeness (QED) is 0.376. The van der Waals surface area contributed by atoms with E-state index in [-0.39, 0.29) is 12.5 Å². The fourth-order valence-corrected chi connectivity index (χ4v) is 5.34. The Labute approximate surface area is 213 Å². The Morgan fingerprint density at radius 1 is 1.16 bits per heavy atom. The molecule has 0 fully saturated rings. The van der Waals surface area contributed by atoms with Gasteiger partial charge in [0.25, 0.3) is 0 Å². The first-order valence-corrected chi connectivity index (χ1v) is 12.3. The maximum atomic E-state index is 10.9. The number of aromatic nitrogens is 1. The van der Waals surface area contributed by atoms with Gasteiger partial charge in [-0.2, -0.15) is 5.26 Å². The largest absolute Gasteiger partial charge is 0.486 e. The molecular weight excluding hydrogens is 470 g/mol. The van der Waals surface area contributed by atoms with Gasteiger partial charge >= 0.3 is 5.97 Å². The predicted octanol–water partition coefficient (Wildman–Crippen LogP) is 5.16. The Morgan fingerprint density at radius 2 is 1.97 bits per heavy atom. The molecule has 2 N–H and O–H groups in total. The third kappa shape index (κ3) is 4.07. The molecular formula is C29H25N3O5. The lowest BCUT2D eigenvalue weighted by Crippen LogP contribution is -2.22. The molecule has 8 heteroatoms. The maximum Gasteiger partial charge on any atom is 0.304 e. The molecule has 2 heterocycles. The fourth-order valence-electron chi connectivity index (χ4n) is 5.34. The number of rotatable bonds is 6. The summed E-state index contributed by atoms with van der Waals surface area (Å²) in [5, 5.41) is 22.3. The molecule has 2 aliphatic rings. The van der Waals surface area contributed by atoms with E-state index in [0.717, 1.165) is 57.7 Å². The first-order chi connectivity index (χ1) is 18.0. The number of fused-ring (bicyclic) bond motifs is 3. The van der Waals surface area contributed by atoms with Crippen LogP contribution in [0.3, 0.4) is 0 Å². The average Bonchev–Trinajstić information content (AvgIpc) is 3.51. The van der Waals surface area contributed by atoms with Crippen LogP contribution in [0.4, 0.5) is 0 Å². The van der Waals surface area contributed by atoms with Crippen LogP contribution in [0.25, 0.3) is 33.7 Å². The van der Waals surface area contributed by atoms with E-state index in [1.807, 2.05) is 43.3 Å². The zero-order valence-electron chi connectivity index (χ0n) is 20.3. The van der Waals surface area contributed by atoms with Gasteiger partial charge in [0, 0.05) is 18.2 Å². The SMILES string of the molecule is Cc1c(-c2ccc3c(c2)OCCO3)cccc1-c1nc2cc3c(c(C#N)c2o1)CCC3NCCC(=O)O. The average molecular weight is 496 g/mol. The Kier molecular flexibility index (Phi) is 5.78. The Bertz CT molecular complexity index is 1580. The topological polar surface area (TPSA) is 118 Å². The van der Waals surface area contributed by atoms with Gasteiger partial charge in [-0.1, -0.05) is 18.2 Å². The van der Waals surface area contributed by atoms with E-state index in [2.05, 4.69) is 17.5 Å². The van der Waals surface area contributed by atoms with Crippen molar-refractivity contribution in [2.24, 2.45) is 0 Å². The van der Waals surface area contributed by atoms with Gasteiger partial charge < -0.3 is 24.3 Å². The van der Waals surface area contributed by atoms with Crippen LogP contribution >= 0.6 is 0 Å². The summed E-state index contributed by atoms with van der Waals surface area (Å²) in [6.45, 7) is 3.48. The summed E-state index contributed by atoms with van der Waals surface area (Å²) in [5.41, 5.74) is 7.47. The lowest BCUT2D eigenvalue weighted by molar-refractivity contribution is -0.136. The van der Waals surface area contributed by atoms with Crippen molar-refractivity contribution in [1.82, 2.24) is 10.3 Å². The van der Waals surface area contributed by atoms with Gasteiger partial charge in [0.15, 0.2) is 17.1 Å². The second-order valence-corrected chi connectivity index (χ2v) is 9.32. The van der Waals surface area contributed by atoms with Crippen LogP contribution in [0.5, 0.6) is 11.5 Å². The van der Waals surface area contributed by atoms with Crippen LogP contribution in [-0.4, -0.2) is 35.8 Å². The molecule has 1 aromatic heterocycles. The summed E-state index contributed by atoms with van der Waals surface area (Å²) in [5.74, 6) is 1.10. The third-order valence-corrected chi connectivity index (χ3v) is 7.14. The van der Waals surface area contributed by atoms with Crippen LogP contribution in [0.15, 0.2) is 46.9 Å². The third-order valence-electron chi connectivity index (χ3n) is 7.14. The minimum Gasteiger partial charge on any atom is -0.486 e. The smallest absolute Gasteiger partial charge is 0.304 e. The highest BCUT2D eigenvalue weighted by atomic mass is 16.6. The summed E-state index contributed by atoms with van der Waals surface area (Å²) in [6, 6.07) is 16.2. The lowest BCUT2D eigenvalue weighted by atomic mass is 9.96. The minimum atomic E-state index is -0.839. The van der Waals surface area contributed by atoms with Gasteiger partial charge in [-0.25, -0.2) is 4.98 Å². The van der Waals surface area contributed by atoms with E-state index in [0.29, 0.717) is 42.3 Å². The number of nitriles is 1. The molecule has 0 radical (unpaired) electrons. The first-order valence-electron chi connectivity index (χ1n) is 12.3. The molecule has 0 bridgehead atoms. The van der Waals surface area contributed by atoms with Crippen molar-refractivity contribution < 1.29 is 23.8 Å². The highest BCUT2D eigenvalue weighted by molar-refractivity contribution is 5.86. The van der Waals surface area contributed by atoms with Crippen molar-refractivity contribution in [3.8, 4) is 40.1 Å². The van der Waals surface area contributed by atoms with Gasteiger partial charge in [0.05, 0.1) is 6.42 Å². The molecule has 8 nitrogen and oxygen atoms in total. The Balaban J connectivity index is 1.38. The molecule has 1 aliphatic heterocycles. The van der Waals surface area contributed by atoms with E-state index in [1.54, 1.807) is 0 Å². The zero-order chi connectivity index (χ0) is 25.5. The van der Waals surface area contributed by atoms with Crippen LogP contribution in [0.1, 0.15) is 41.1 Å². The molecule has 0 saturated heterocycles. The zero-order valence-corrected chi connectivity index (χ0v) is 20.3. The molecule has 4 aromatic rings. The number of oxazole rings is 1. The van der Waals surface area contributed by atoms with E-state index in [4.69, 9.17) is 24.0 Å². The van der Waals surface area contributed by atoms with Crippen LogP contribution in [0.2, 0.25) is 0 Å². The highest BCUT2D eigenvalue weighted by Crippen LogP contribution is 2.41. The molecule has 0 saturated carbocycles. The molecule has 3 aromatic carbocycles. The number of benzene rings is 3. The number of carboxylic acid groups (broad SMARTS) is 1. The van der Waals surface area contributed by atoms with Crippen molar-refractivity contribution in [3.63, 3.8) is 0 Å². The van der Waals surface area contributed by atoms with Crippen molar-refractivity contribution in [2.75, 3.05) is 19.8 Å². The molecule has 1 unspecified atom stereocenters. The van der Waals surface area contributed by atoms with Gasteiger partial charge in [0.2, 0.25) is 5.89 Å². The summed E-state index contributed by atoms with van der Waals surface area (Å²) in [6.07, 6.45) is 1.58. The minimum absolute atomic E-state index is 0.00808. The van der Waals surface area contributed by atoms with Gasteiger partial charge in [-0.05, 0) is 71.8 Å². The van der Waals surface area contributed by atoms with E-state index < -0.39 is 5.97 Å². The monoisotopic (exact) mass is 495 g/mol. The molecule has 186 valence electrons. The Morgan fingerprint density at radius 3 is 2.78 bits per heavy atom. The van der Waals surface area contributed by atoms with Gasteiger partial charge in [-0.15, -0.1) is 0 Å². The Hall–Kier alpha value is -4.35. The van der Waals surface area contributed by atoms with E-state index >= 15 is 0 Å². The maximum absolute atomic E-state index is 10.9. The highest BCUT2D eigenvalue weighted by Gasteiger charge is 2.29. The van der Waals surface area contributed by atoms with Crippen molar-refractivity contribution >= 4 is 17.1 Å². The van der Waals surface area contributed by atoms with Crippen molar-refractivity contribution in [2.45, 2.75) is 32.2 Å². The predicted molar refractivity (Wildman–Crippen MR) is 137 cm³/mol. The van der Waals surface area contributed by atoms with Crippen molar-refractivity contribution in [3.05, 3.63) is 64.7 Å². The summed E-state index contributed by atoms with van der Waals surface area (Å²) in [7, 11) is 0. The summed E-state index contributed by atoms with van der Waals surface area (Å²) in [4.78, 5) is 15.7. The van der Waals surface area contributed by atoms with E-state index in [1.165, 1.54) is 0 Å². The second-order valence-electron chi connectivity index (χ2n) is 9.32. The molecule has 1 aliphatic carbocycles. The summed E-state index contributed by atoms with van der Waals surface area (Å²) < 4.78 is 17.7. The molecule has 1 atom stereocenters. The van der Waals surface area contributed by atoms with Crippen LogP contribution in [-0.2, 0) is 11.2 Å². The van der Waals surface area contributed by atoms with Gasteiger partial charge in [-0.3, -0.25) is 4.79 Å². The van der Waals surface area contributed by atoms with E-state index in [9.17, 15) is 10.1 Å². The number of ether oxygens (including phenoxy) is 2. The number of carboxylic acids is 1. The second kappa shape index (κ2) is 9.26. The van der Waals surface area contributed by atoms with Crippen molar-refractivity contribution in [1.29, 1.82) is 5.26 Å². The first kappa shape index (κ1) is 23.1. The number of carbonyl (C=O) groups is 1. The fraction of sp³-hybridized carbons (Fsp3) is 0.276. The number of hydrogen-bond acceptors (Lipinski definition) is 7. The van der Waals surface area contributed by atoms with Gasteiger partial charge in [0.1, 0.15) is 30.4 Å². The number of aliphatic carboxylic acids is 1. The lowest BCUT2D eigenvalue weighted by Gasteiger charge is -2.19. The number of nitrogens with zero attached hydrogens (tertiary/aromatic N) is 2. The normalized spacial score (nSPS) is 15.9.